The van der Waals surface area contributed by atoms with Crippen LogP contribution in [-0.2, 0) is 0 Å². The third kappa shape index (κ3) is 1.63. The van der Waals surface area contributed by atoms with Crippen LogP contribution in [-0.4, -0.2) is 29.1 Å². The predicted octanol–water partition coefficient (Wildman–Crippen LogP) is 0.712. The molecule has 0 radical (unpaired) electrons. The number of nitrogens with zero attached hydrogens (tertiary/aromatic N) is 1. The Balaban J connectivity index is 1.92. The summed E-state index contributed by atoms with van der Waals surface area (Å²) in [6.07, 6.45) is 1.41. The van der Waals surface area contributed by atoms with Crippen LogP contribution in [0.2, 0.25) is 0 Å². The smallest absolute Gasteiger partial charge is 0.204 e. The highest BCUT2D eigenvalue weighted by Crippen LogP contribution is 2.40. The van der Waals surface area contributed by atoms with E-state index in [1.807, 2.05) is 0 Å². The van der Waals surface area contributed by atoms with E-state index in [0.717, 1.165) is 6.54 Å². The van der Waals surface area contributed by atoms with Crippen molar-refractivity contribution in [1.29, 1.82) is 0 Å². The average Bonchev–Trinajstić information content (AvgIpc) is 2.83. The molecule has 0 amide bonds. The summed E-state index contributed by atoms with van der Waals surface area (Å²) in [5, 5.41) is 21.7. The van der Waals surface area contributed by atoms with Crippen LogP contribution in [0.15, 0.2) is 29.1 Å². The summed E-state index contributed by atoms with van der Waals surface area (Å²) in [6.45, 7) is 1.47. The van der Waals surface area contributed by atoms with Gasteiger partial charge in [-0.3, -0.25) is 4.99 Å². The maximum absolute atomic E-state index is 9.38. The van der Waals surface area contributed by atoms with Gasteiger partial charge in [-0.25, -0.2) is 0 Å². The van der Waals surface area contributed by atoms with Crippen LogP contribution < -0.4 is 14.8 Å². The van der Waals surface area contributed by atoms with Crippen molar-refractivity contribution in [3.8, 4) is 23.0 Å². The van der Waals surface area contributed by atoms with Gasteiger partial charge in [-0.15, -0.1) is 0 Å². The van der Waals surface area contributed by atoms with Crippen LogP contribution >= 0.6 is 0 Å². The first kappa shape index (κ1) is 9.83. The molecule has 0 aromatic heterocycles. The van der Waals surface area contributed by atoms with Crippen LogP contribution in [0, 0.1) is 0 Å². The van der Waals surface area contributed by atoms with Crippen LogP contribution in [0.5, 0.6) is 23.0 Å². The highest BCUT2D eigenvalue weighted by atomic mass is 16.6. The number of phenolic OH excluding ortho intramolecular Hbond substituents is 2. The van der Waals surface area contributed by atoms with Crippen molar-refractivity contribution in [3.63, 3.8) is 0 Å². The lowest BCUT2D eigenvalue weighted by Gasteiger charge is -2.18. The minimum atomic E-state index is -0.255. The third-order valence-electron chi connectivity index (χ3n) is 2.46. The number of nitrogens with one attached hydrogen (secondary N) is 1. The van der Waals surface area contributed by atoms with E-state index in [4.69, 9.17) is 9.47 Å². The van der Waals surface area contributed by atoms with Gasteiger partial charge in [-0.05, 0) is 0 Å². The minimum Gasteiger partial charge on any atom is -0.504 e. The Bertz CT molecular complexity index is 537. The zero-order valence-corrected chi connectivity index (χ0v) is 8.80. The van der Waals surface area contributed by atoms with Gasteiger partial charge in [-0.2, -0.15) is 0 Å². The SMILES string of the molecule is Oc1cc2c(cc1O)OC(C1=NCCN1)=CO2. The Morgan fingerprint density at radius 1 is 1.18 bits per heavy atom. The molecule has 0 aliphatic carbocycles. The molecular weight excluding hydrogens is 224 g/mol. The van der Waals surface area contributed by atoms with Crippen molar-refractivity contribution in [2.75, 3.05) is 13.1 Å². The molecule has 17 heavy (non-hydrogen) atoms. The maximum Gasteiger partial charge on any atom is 0.204 e. The number of aromatic hydroxyl groups is 2. The van der Waals surface area contributed by atoms with E-state index in [2.05, 4.69) is 10.3 Å². The molecule has 3 N–H and O–H groups in total. The Labute approximate surface area is 96.8 Å². The number of fused-ring (bicyclic) bond motifs is 1. The summed E-state index contributed by atoms with van der Waals surface area (Å²) < 4.78 is 10.8. The Morgan fingerprint density at radius 3 is 2.65 bits per heavy atom. The second-order valence-corrected chi connectivity index (χ2v) is 3.65. The van der Waals surface area contributed by atoms with E-state index in [-0.39, 0.29) is 11.5 Å². The van der Waals surface area contributed by atoms with Gasteiger partial charge >= 0.3 is 0 Å². The third-order valence-corrected chi connectivity index (χ3v) is 2.46. The highest BCUT2D eigenvalue weighted by molar-refractivity contribution is 5.98. The lowest BCUT2D eigenvalue weighted by atomic mass is 10.2. The summed E-state index contributed by atoms with van der Waals surface area (Å²) in [5.41, 5.74) is 0. The van der Waals surface area contributed by atoms with Crippen molar-refractivity contribution >= 4 is 5.84 Å². The van der Waals surface area contributed by atoms with Gasteiger partial charge in [0.25, 0.3) is 0 Å². The number of hydrogen-bond acceptors (Lipinski definition) is 6. The molecule has 6 heteroatoms. The fourth-order valence-electron chi connectivity index (χ4n) is 1.64. The van der Waals surface area contributed by atoms with E-state index in [9.17, 15) is 10.2 Å². The Kier molecular flexibility index (Phi) is 2.07. The maximum atomic E-state index is 9.38. The molecule has 2 heterocycles. The quantitative estimate of drug-likeness (QED) is 0.623. The monoisotopic (exact) mass is 234 g/mol. The number of benzene rings is 1. The summed E-state index contributed by atoms with van der Waals surface area (Å²) in [6, 6.07) is 2.59. The molecule has 0 atom stereocenters. The first-order valence-electron chi connectivity index (χ1n) is 5.13. The van der Waals surface area contributed by atoms with E-state index in [0.29, 0.717) is 29.6 Å². The van der Waals surface area contributed by atoms with E-state index in [1.165, 1.54) is 18.4 Å². The van der Waals surface area contributed by atoms with Gasteiger partial charge in [0.05, 0.1) is 6.54 Å². The molecule has 0 saturated heterocycles. The number of rotatable bonds is 1. The van der Waals surface area contributed by atoms with Crippen molar-refractivity contribution in [3.05, 3.63) is 24.2 Å². The van der Waals surface area contributed by atoms with Crippen LogP contribution in [0.4, 0.5) is 0 Å². The molecule has 0 spiro atoms. The Hall–Kier alpha value is -2.37. The summed E-state index contributed by atoms with van der Waals surface area (Å²) >= 11 is 0. The predicted molar refractivity (Wildman–Crippen MR) is 59.4 cm³/mol. The van der Waals surface area contributed by atoms with Gasteiger partial charge in [0.1, 0.15) is 6.26 Å². The zero-order chi connectivity index (χ0) is 11.8. The summed E-state index contributed by atoms with van der Waals surface area (Å²) in [5.74, 6) is 1.27. The molecule has 88 valence electrons. The molecule has 0 bridgehead atoms. The molecule has 3 rings (SSSR count). The molecule has 1 aromatic carbocycles. The molecule has 2 aliphatic rings. The number of hydrogen-bond donors (Lipinski definition) is 3. The van der Waals surface area contributed by atoms with Gasteiger partial charge in [0.15, 0.2) is 28.8 Å². The molecule has 2 aliphatic heterocycles. The topological polar surface area (TPSA) is 83.3 Å². The lowest BCUT2D eigenvalue weighted by molar-refractivity contribution is 0.333. The van der Waals surface area contributed by atoms with Crippen molar-refractivity contribution < 1.29 is 19.7 Å². The lowest BCUT2D eigenvalue weighted by Crippen LogP contribution is -2.25. The molecule has 0 unspecified atom stereocenters. The first-order chi connectivity index (χ1) is 8.24. The van der Waals surface area contributed by atoms with Gasteiger partial charge in [0.2, 0.25) is 5.76 Å². The van der Waals surface area contributed by atoms with E-state index < -0.39 is 0 Å². The fraction of sp³-hybridized carbons (Fsp3) is 0.182. The molecule has 1 aromatic rings. The molecule has 0 saturated carbocycles. The standard InChI is InChI=1S/C11H10N2O4/c14-6-3-8-9(4-7(6)15)17-10(5-16-8)11-12-1-2-13-11/h3-5,14-15H,1-2H2,(H,12,13). The average molecular weight is 234 g/mol. The second-order valence-electron chi connectivity index (χ2n) is 3.65. The fourth-order valence-corrected chi connectivity index (χ4v) is 1.64. The Morgan fingerprint density at radius 2 is 1.94 bits per heavy atom. The van der Waals surface area contributed by atoms with Crippen molar-refractivity contribution in [2.24, 2.45) is 4.99 Å². The largest absolute Gasteiger partial charge is 0.504 e. The van der Waals surface area contributed by atoms with Crippen LogP contribution in [0.1, 0.15) is 0 Å². The van der Waals surface area contributed by atoms with Crippen molar-refractivity contribution in [2.45, 2.75) is 0 Å². The minimum absolute atomic E-state index is 0.250. The highest BCUT2D eigenvalue weighted by Gasteiger charge is 2.22. The van der Waals surface area contributed by atoms with Crippen molar-refractivity contribution in [1.82, 2.24) is 5.32 Å². The molecule has 0 fully saturated rings. The van der Waals surface area contributed by atoms with Gasteiger partial charge in [-0.1, -0.05) is 0 Å². The summed E-state index contributed by atoms with van der Waals surface area (Å²) in [4.78, 5) is 4.19. The number of ether oxygens (including phenoxy) is 2. The van der Waals surface area contributed by atoms with E-state index in [1.54, 1.807) is 0 Å². The van der Waals surface area contributed by atoms with E-state index >= 15 is 0 Å². The second kappa shape index (κ2) is 3.58. The van der Waals surface area contributed by atoms with Gasteiger partial charge in [0, 0.05) is 18.7 Å². The summed E-state index contributed by atoms with van der Waals surface area (Å²) in [7, 11) is 0. The number of aliphatic imine (C=N–C) groups is 1. The normalized spacial score (nSPS) is 17.2. The first-order valence-corrected chi connectivity index (χ1v) is 5.13. The number of phenols is 2. The number of amidine groups is 1. The molecule has 6 nitrogen and oxygen atoms in total. The van der Waals surface area contributed by atoms with Crippen LogP contribution in [0.3, 0.4) is 0 Å². The molecular formula is C11H10N2O4. The zero-order valence-electron chi connectivity index (χ0n) is 8.80. The van der Waals surface area contributed by atoms with Crippen LogP contribution in [0.25, 0.3) is 0 Å². The van der Waals surface area contributed by atoms with Gasteiger partial charge < -0.3 is 25.0 Å².